The highest BCUT2D eigenvalue weighted by atomic mass is 32.1. The molecule has 0 aliphatic heterocycles. The fraction of sp³-hybridized carbons (Fsp3) is 0.545. The van der Waals surface area contributed by atoms with Gasteiger partial charge in [0.05, 0.1) is 24.4 Å². The van der Waals surface area contributed by atoms with E-state index >= 15 is 0 Å². The summed E-state index contributed by atoms with van der Waals surface area (Å²) in [5.74, 6) is 0.820. The Kier molecular flexibility index (Phi) is 3.63. The topological polar surface area (TPSA) is 60.7 Å². The van der Waals surface area contributed by atoms with E-state index in [9.17, 15) is 0 Å². The lowest BCUT2D eigenvalue weighted by molar-refractivity contribution is 0.187. The largest absolute Gasteiger partial charge is 0.383 e. The number of ether oxygens (including phenoxy) is 1. The van der Waals surface area contributed by atoms with Crippen LogP contribution in [0.15, 0.2) is 0 Å². The fourth-order valence-corrected chi connectivity index (χ4v) is 2.22. The molecule has 1 N–H and O–H groups in total. The standard InChI is InChI=1S/C11H17N5OS/c1-7-9(8(2)15(3)14-7)10-12-13-11(18)16(10)5-6-17-4/h5-6H2,1-4H3,(H,13,18). The molecule has 18 heavy (non-hydrogen) atoms. The molecule has 0 amide bonds. The number of aryl methyl sites for hydroxylation is 2. The van der Waals surface area contributed by atoms with E-state index in [1.807, 2.05) is 30.1 Å². The van der Waals surface area contributed by atoms with Crippen molar-refractivity contribution in [3.8, 4) is 11.4 Å². The van der Waals surface area contributed by atoms with E-state index in [1.54, 1.807) is 7.11 Å². The first-order chi connectivity index (χ1) is 8.56. The van der Waals surface area contributed by atoms with Gasteiger partial charge in [0.1, 0.15) is 0 Å². The van der Waals surface area contributed by atoms with E-state index in [4.69, 9.17) is 17.0 Å². The second kappa shape index (κ2) is 5.03. The van der Waals surface area contributed by atoms with Crippen LogP contribution >= 0.6 is 12.2 Å². The van der Waals surface area contributed by atoms with Crippen LogP contribution in [-0.2, 0) is 18.3 Å². The molecule has 0 aliphatic carbocycles. The summed E-state index contributed by atoms with van der Waals surface area (Å²) in [6.45, 7) is 5.27. The van der Waals surface area contributed by atoms with Crippen LogP contribution in [0.5, 0.6) is 0 Å². The molecule has 98 valence electrons. The summed E-state index contributed by atoms with van der Waals surface area (Å²) in [6, 6.07) is 0. The summed E-state index contributed by atoms with van der Waals surface area (Å²) in [6.07, 6.45) is 0. The van der Waals surface area contributed by atoms with Gasteiger partial charge in [-0.3, -0.25) is 14.3 Å². The van der Waals surface area contributed by atoms with Crippen molar-refractivity contribution in [2.24, 2.45) is 7.05 Å². The number of methoxy groups -OCH3 is 1. The molecule has 2 heterocycles. The van der Waals surface area contributed by atoms with Gasteiger partial charge in [-0.05, 0) is 26.1 Å². The third kappa shape index (κ3) is 2.11. The molecular formula is C11H17N5OS. The minimum Gasteiger partial charge on any atom is -0.383 e. The first-order valence-corrected chi connectivity index (χ1v) is 6.11. The van der Waals surface area contributed by atoms with Crippen molar-refractivity contribution < 1.29 is 4.74 Å². The van der Waals surface area contributed by atoms with Crippen molar-refractivity contribution in [3.05, 3.63) is 16.2 Å². The zero-order valence-corrected chi connectivity index (χ0v) is 11.8. The van der Waals surface area contributed by atoms with E-state index in [1.165, 1.54) is 0 Å². The molecule has 0 unspecified atom stereocenters. The minimum atomic E-state index is 0.596. The maximum atomic E-state index is 5.24. The van der Waals surface area contributed by atoms with Crippen molar-refractivity contribution in [2.75, 3.05) is 13.7 Å². The van der Waals surface area contributed by atoms with Crippen molar-refractivity contribution in [2.45, 2.75) is 20.4 Å². The van der Waals surface area contributed by atoms with Gasteiger partial charge in [-0.15, -0.1) is 0 Å². The zero-order chi connectivity index (χ0) is 13.3. The monoisotopic (exact) mass is 267 g/mol. The van der Waals surface area contributed by atoms with E-state index in [2.05, 4.69) is 15.3 Å². The van der Waals surface area contributed by atoms with Crippen LogP contribution in [0.1, 0.15) is 11.4 Å². The second-order valence-electron chi connectivity index (χ2n) is 4.17. The van der Waals surface area contributed by atoms with Crippen molar-refractivity contribution in [1.29, 1.82) is 0 Å². The zero-order valence-electron chi connectivity index (χ0n) is 11.0. The van der Waals surface area contributed by atoms with Crippen LogP contribution in [0.4, 0.5) is 0 Å². The van der Waals surface area contributed by atoms with Crippen LogP contribution in [0.3, 0.4) is 0 Å². The van der Waals surface area contributed by atoms with Crippen molar-refractivity contribution >= 4 is 12.2 Å². The number of hydrogen-bond donors (Lipinski definition) is 1. The Labute approximate surface area is 111 Å². The summed E-state index contributed by atoms with van der Waals surface area (Å²) in [5.41, 5.74) is 3.05. The number of aromatic amines is 1. The average Bonchev–Trinajstić information content (AvgIpc) is 2.79. The van der Waals surface area contributed by atoms with Crippen molar-refractivity contribution in [3.63, 3.8) is 0 Å². The summed E-state index contributed by atoms with van der Waals surface area (Å²) in [5, 5.41) is 11.5. The third-order valence-electron chi connectivity index (χ3n) is 3.01. The highest BCUT2D eigenvalue weighted by Crippen LogP contribution is 2.24. The van der Waals surface area contributed by atoms with Gasteiger partial charge >= 0.3 is 0 Å². The number of nitrogens with zero attached hydrogens (tertiary/aromatic N) is 4. The summed E-state index contributed by atoms with van der Waals surface area (Å²) < 4.78 is 9.49. The molecule has 6 nitrogen and oxygen atoms in total. The molecule has 0 atom stereocenters. The molecule has 0 fully saturated rings. The van der Waals surface area contributed by atoms with Crippen LogP contribution in [0.2, 0.25) is 0 Å². The maximum absolute atomic E-state index is 5.24. The maximum Gasteiger partial charge on any atom is 0.195 e. The van der Waals surface area contributed by atoms with Gasteiger partial charge in [-0.25, -0.2) is 0 Å². The van der Waals surface area contributed by atoms with Gasteiger partial charge in [0.25, 0.3) is 0 Å². The molecule has 2 rings (SSSR count). The molecule has 7 heteroatoms. The Morgan fingerprint density at radius 3 is 2.67 bits per heavy atom. The summed E-state index contributed by atoms with van der Waals surface area (Å²) in [7, 11) is 3.59. The first-order valence-electron chi connectivity index (χ1n) is 5.71. The Morgan fingerprint density at radius 1 is 1.39 bits per heavy atom. The number of H-pyrrole nitrogens is 1. The number of hydrogen-bond acceptors (Lipinski definition) is 4. The Balaban J connectivity index is 2.54. The Hall–Kier alpha value is -1.47. The second-order valence-corrected chi connectivity index (χ2v) is 4.55. The smallest absolute Gasteiger partial charge is 0.195 e. The third-order valence-corrected chi connectivity index (χ3v) is 3.32. The minimum absolute atomic E-state index is 0.596. The van der Waals surface area contributed by atoms with Crippen LogP contribution < -0.4 is 0 Å². The molecule has 0 spiro atoms. The van der Waals surface area contributed by atoms with Crippen molar-refractivity contribution in [1.82, 2.24) is 24.5 Å². The molecule has 0 aromatic carbocycles. The number of rotatable bonds is 4. The Morgan fingerprint density at radius 2 is 2.11 bits per heavy atom. The highest BCUT2D eigenvalue weighted by Gasteiger charge is 2.17. The van der Waals surface area contributed by atoms with Gasteiger partial charge < -0.3 is 4.74 Å². The fourth-order valence-electron chi connectivity index (χ4n) is 2.00. The summed E-state index contributed by atoms with van der Waals surface area (Å²) in [4.78, 5) is 0. The lowest BCUT2D eigenvalue weighted by atomic mass is 10.2. The van der Waals surface area contributed by atoms with Gasteiger partial charge in [-0.2, -0.15) is 10.2 Å². The van der Waals surface area contributed by atoms with E-state index in [-0.39, 0.29) is 0 Å². The summed E-state index contributed by atoms with van der Waals surface area (Å²) >= 11 is 5.24. The van der Waals surface area contributed by atoms with Gasteiger partial charge in [-0.1, -0.05) is 0 Å². The molecule has 2 aromatic heterocycles. The van der Waals surface area contributed by atoms with Gasteiger partial charge in [0, 0.05) is 19.9 Å². The molecule has 0 bridgehead atoms. The van der Waals surface area contributed by atoms with Gasteiger partial charge in [0.2, 0.25) is 0 Å². The molecule has 0 aliphatic rings. The molecule has 2 aromatic rings. The number of aromatic nitrogens is 5. The predicted molar refractivity (Wildman–Crippen MR) is 71.0 cm³/mol. The predicted octanol–water partition coefficient (Wildman–Crippen LogP) is 1.60. The highest BCUT2D eigenvalue weighted by molar-refractivity contribution is 7.71. The average molecular weight is 267 g/mol. The normalized spacial score (nSPS) is 11.1. The molecular weight excluding hydrogens is 250 g/mol. The SMILES string of the molecule is COCCn1c(-c2c(C)nn(C)c2C)n[nH]c1=S. The van der Waals surface area contributed by atoms with Gasteiger partial charge in [0.15, 0.2) is 10.6 Å². The van der Waals surface area contributed by atoms with Crippen LogP contribution in [0.25, 0.3) is 11.4 Å². The van der Waals surface area contributed by atoms with Crippen LogP contribution in [-0.4, -0.2) is 38.3 Å². The first kappa shape index (κ1) is 13.0. The molecule has 0 saturated carbocycles. The Bertz CT molecular complexity index is 609. The molecule has 0 radical (unpaired) electrons. The quantitative estimate of drug-likeness (QED) is 0.855. The molecule has 0 saturated heterocycles. The lowest BCUT2D eigenvalue weighted by Gasteiger charge is -2.06. The number of nitrogens with one attached hydrogen (secondary N) is 1. The lowest BCUT2D eigenvalue weighted by Crippen LogP contribution is -2.07. The van der Waals surface area contributed by atoms with E-state index < -0.39 is 0 Å². The van der Waals surface area contributed by atoms with E-state index in [0.29, 0.717) is 17.9 Å². The van der Waals surface area contributed by atoms with E-state index in [0.717, 1.165) is 22.8 Å². The van der Waals surface area contributed by atoms with Crippen LogP contribution in [0, 0.1) is 18.6 Å².